The maximum Gasteiger partial charge on any atom is 0.338 e. The van der Waals surface area contributed by atoms with Gasteiger partial charge in [-0.1, -0.05) is 55.5 Å². The number of carbonyl (C=O) groups excluding carboxylic acids is 4. The summed E-state index contributed by atoms with van der Waals surface area (Å²) in [6.45, 7) is 5.41. The molecule has 5 rings (SSSR count). The molecule has 13 heteroatoms. The van der Waals surface area contributed by atoms with E-state index in [0.29, 0.717) is 22.6 Å². The number of nitrogens with zero attached hydrogens (tertiary/aromatic N) is 1. The third kappa shape index (κ3) is 8.90. The molecule has 2 aliphatic rings. The van der Waals surface area contributed by atoms with E-state index in [1.165, 1.54) is 11.8 Å². The van der Waals surface area contributed by atoms with Gasteiger partial charge >= 0.3 is 23.9 Å². The highest BCUT2D eigenvalue weighted by Gasteiger charge is 2.65. The Balaban J connectivity index is 1.56. The van der Waals surface area contributed by atoms with Gasteiger partial charge in [0.05, 0.1) is 56.1 Å². The molecule has 2 saturated heterocycles. The van der Waals surface area contributed by atoms with Crippen LogP contribution in [-0.2, 0) is 44.6 Å². The van der Waals surface area contributed by atoms with Crippen LogP contribution in [-0.4, -0.2) is 97.4 Å². The second-order valence-corrected chi connectivity index (χ2v) is 13.1. The van der Waals surface area contributed by atoms with Crippen molar-refractivity contribution in [2.24, 2.45) is 5.92 Å². The van der Waals surface area contributed by atoms with Gasteiger partial charge < -0.3 is 33.2 Å². The summed E-state index contributed by atoms with van der Waals surface area (Å²) in [6, 6.07) is 23.5. The maximum absolute atomic E-state index is 13.7. The third-order valence-corrected chi connectivity index (χ3v) is 9.67. The lowest BCUT2D eigenvalue weighted by atomic mass is 10.0. The summed E-state index contributed by atoms with van der Waals surface area (Å²) in [5, 5.41) is -0.718. The first-order valence-corrected chi connectivity index (χ1v) is 18.0. The quantitative estimate of drug-likeness (QED) is 0.113. The second kappa shape index (κ2) is 18.2. The number of carbonyl (C=O) groups is 4. The van der Waals surface area contributed by atoms with E-state index in [9.17, 15) is 19.2 Å². The molecule has 0 saturated carbocycles. The Bertz CT molecular complexity index is 1590. The standard InChI is InChI=1S/C38H43NO11S/c1-5-46-37(42)29(38(43)47-6-2)33-39-30(28(48-33)23-45-22-24-18-20-27(44-4)21-19-24)31(49-35(40)25-14-10-8-11-15-25)32(34(39)51-7-3)50-36(41)26-16-12-9-13-17-26/h8-21,28-34H,5-7,22-23H2,1-4H3/t28-,30+,31+,32-,33+,34+/m1/s1. The van der Waals surface area contributed by atoms with Gasteiger partial charge in [0.2, 0.25) is 0 Å². The molecule has 0 aliphatic carbocycles. The van der Waals surface area contributed by atoms with Gasteiger partial charge in [-0.25, -0.2) is 9.59 Å². The van der Waals surface area contributed by atoms with Crippen LogP contribution in [0.4, 0.5) is 0 Å². The molecule has 2 heterocycles. The Kier molecular flexibility index (Phi) is 13.5. The smallest absolute Gasteiger partial charge is 0.338 e. The molecule has 0 aromatic heterocycles. The van der Waals surface area contributed by atoms with E-state index < -0.39 is 65.8 Å². The minimum absolute atomic E-state index is 0.0149. The van der Waals surface area contributed by atoms with Gasteiger partial charge in [-0.2, -0.15) is 0 Å². The van der Waals surface area contributed by atoms with Crippen molar-refractivity contribution in [2.75, 3.05) is 32.7 Å². The Labute approximate surface area is 301 Å². The van der Waals surface area contributed by atoms with Crippen molar-refractivity contribution in [3.63, 3.8) is 0 Å². The molecular formula is C38H43NO11S. The zero-order valence-electron chi connectivity index (χ0n) is 29.0. The van der Waals surface area contributed by atoms with Gasteiger partial charge in [0.1, 0.15) is 18.1 Å². The molecular weight excluding hydrogens is 678 g/mol. The van der Waals surface area contributed by atoms with Crippen molar-refractivity contribution in [1.29, 1.82) is 0 Å². The van der Waals surface area contributed by atoms with Gasteiger partial charge in [-0.15, -0.1) is 11.8 Å². The number of methoxy groups -OCH3 is 1. The molecule has 6 atom stereocenters. The van der Waals surface area contributed by atoms with Crippen LogP contribution in [0.25, 0.3) is 0 Å². The molecule has 0 spiro atoms. The predicted octanol–water partition coefficient (Wildman–Crippen LogP) is 4.89. The van der Waals surface area contributed by atoms with Crippen LogP contribution in [0.2, 0.25) is 0 Å². The molecule has 0 radical (unpaired) electrons. The molecule has 3 aromatic carbocycles. The first-order chi connectivity index (χ1) is 24.8. The zero-order chi connectivity index (χ0) is 36.3. The summed E-state index contributed by atoms with van der Waals surface area (Å²) in [4.78, 5) is 56.1. The average Bonchev–Trinajstić information content (AvgIpc) is 3.64. The molecule has 0 bridgehead atoms. The number of hydrogen-bond donors (Lipinski definition) is 0. The van der Waals surface area contributed by atoms with E-state index >= 15 is 0 Å². The van der Waals surface area contributed by atoms with Crippen molar-refractivity contribution in [1.82, 2.24) is 4.90 Å². The summed E-state index contributed by atoms with van der Waals surface area (Å²) in [5.74, 6) is -3.21. The molecule has 3 aromatic rings. The zero-order valence-corrected chi connectivity index (χ0v) is 29.8. The number of ether oxygens (including phenoxy) is 7. The van der Waals surface area contributed by atoms with Crippen molar-refractivity contribution in [3.8, 4) is 5.75 Å². The van der Waals surface area contributed by atoms with E-state index in [4.69, 9.17) is 33.2 Å². The minimum Gasteiger partial charge on any atom is -0.497 e. The topological polar surface area (TPSA) is 136 Å². The van der Waals surface area contributed by atoms with Crippen LogP contribution < -0.4 is 4.74 Å². The summed E-state index contributed by atoms with van der Waals surface area (Å²) >= 11 is 1.41. The Morgan fingerprint density at radius 3 is 1.82 bits per heavy atom. The fourth-order valence-corrected chi connectivity index (χ4v) is 7.43. The number of benzene rings is 3. The highest BCUT2D eigenvalue weighted by atomic mass is 32.2. The number of rotatable bonds is 16. The number of hydrogen-bond acceptors (Lipinski definition) is 13. The van der Waals surface area contributed by atoms with Gasteiger partial charge in [0, 0.05) is 0 Å². The Morgan fingerprint density at radius 2 is 1.31 bits per heavy atom. The van der Waals surface area contributed by atoms with E-state index in [-0.39, 0.29) is 26.4 Å². The molecule has 2 aliphatic heterocycles. The largest absolute Gasteiger partial charge is 0.497 e. The lowest BCUT2D eigenvalue weighted by Gasteiger charge is -2.32. The van der Waals surface area contributed by atoms with Crippen molar-refractivity contribution in [2.45, 2.75) is 63.3 Å². The lowest BCUT2D eigenvalue weighted by molar-refractivity contribution is -0.175. The first-order valence-electron chi connectivity index (χ1n) is 16.9. The molecule has 51 heavy (non-hydrogen) atoms. The van der Waals surface area contributed by atoms with E-state index in [2.05, 4.69) is 0 Å². The second-order valence-electron chi connectivity index (χ2n) is 11.7. The highest BCUT2D eigenvalue weighted by molar-refractivity contribution is 7.99. The fourth-order valence-electron chi connectivity index (χ4n) is 6.26. The van der Waals surface area contributed by atoms with Crippen LogP contribution in [0.1, 0.15) is 47.1 Å². The molecule has 272 valence electrons. The van der Waals surface area contributed by atoms with Gasteiger partial charge in [-0.3, -0.25) is 14.5 Å². The highest BCUT2D eigenvalue weighted by Crippen LogP contribution is 2.46. The van der Waals surface area contributed by atoms with Crippen LogP contribution in [0.15, 0.2) is 84.9 Å². The number of thioether (sulfide) groups is 1. The van der Waals surface area contributed by atoms with Gasteiger partial charge in [0.15, 0.2) is 18.1 Å². The lowest BCUT2D eigenvalue weighted by Crippen LogP contribution is -2.50. The van der Waals surface area contributed by atoms with E-state index in [1.807, 2.05) is 31.2 Å². The van der Waals surface area contributed by atoms with Crippen LogP contribution in [0.3, 0.4) is 0 Å². The minimum atomic E-state index is -1.52. The molecule has 0 N–H and O–H groups in total. The normalized spacial score (nSPS) is 22.6. The van der Waals surface area contributed by atoms with Crippen LogP contribution in [0, 0.1) is 5.92 Å². The SMILES string of the molecule is CCOC(=O)C(C(=O)OCC)[C@@H]1O[C@H](COCc2ccc(OC)cc2)[C@H]2[C@H](OC(=O)c3ccccc3)[C@@H](OC(=O)c3ccccc3)[C@H](SCC)N21. The summed E-state index contributed by atoms with van der Waals surface area (Å²) < 4.78 is 41.2. The van der Waals surface area contributed by atoms with Gasteiger partial charge in [0.25, 0.3) is 0 Å². The van der Waals surface area contributed by atoms with E-state index in [1.54, 1.807) is 86.5 Å². The average molecular weight is 722 g/mol. The molecule has 12 nitrogen and oxygen atoms in total. The molecule has 2 fully saturated rings. The molecule has 0 amide bonds. The van der Waals surface area contributed by atoms with Crippen LogP contribution >= 0.6 is 11.8 Å². The fraction of sp³-hybridized carbons (Fsp3) is 0.421. The van der Waals surface area contributed by atoms with Crippen LogP contribution in [0.5, 0.6) is 5.75 Å². The third-order valence-electron chi connectivity index (χ3n) is 8.49. The first kappa shape index (κ1) is 37.8. The number of fused-ring (bicyclic) bond motifs is 1. The summed E-state index contributed by atoms with van der Waals surface area (Å²) in [5.41, 5.74) is 1.47. The Morgan fingerprint density at radius 1 is 0.765 bits per heavy atom. The van der Waals surface area contributed by atoms with Crippen molar-refractivity contribution < 1.29 is 52.3 Å². The number of esters is 4. The monoisotopic (exact) mass is 721 g/mol. The Hall–Kier alpha value is -4.43. The summed E-state index contributed by atoms with van der Waals surface area (Å²) in [7, 11) is 1.59. The van der Waals surface area contributed by atoms with E-state index in [0.717, 1.165) is 5.56 Å². The van der Waals surface area contributed by atoms with Crippen molar-refractivity contribution in [3.05, 3.63) is 102 Å². The summed E-state index contributed by atoms with van der Waals surface area (Å²) in [6.07, 6.45) is -4.22. The van der Waals surface area contributed by atoms with Crippen molar-refractivity contribution >= 4 is 35.6 Å². The maximum atomic E-state index is 13.7. The molecule has 0 unspecified atom stereocenters. The van der Waals surface area contributed by atoms with Gasteiger partial charge in [-0.05, 0) is 61.6 Å². The predicted molar refractivity (Wildman–Crippen MR) is 187 cm³/mol.